The van der Waals surface area contributed by atoms with E-state index in [1.165, 1.54) is 7.11 Å². The maximum Gasteiger partial charge on any atom is 0.231 e. The first-order valence-corrected chi connectivity index (χ1v) is 3.07. The van der Waals surface area contributed by atoms with E-state index in [1.807, 2.05) is 0 Å². The molecule has 2 nitrogen and oxygen atoms in total. The van der Waals surface area contributed by atoms with Crippen LogP contribution in [0.5, 0.6) is 0 Å². The van der Waals surface area contributed by atoms with Crippen LogP contribution in [0.1, 0.15) is 0 Å². The predicted octanol–water partition coefficient (Wildman–Crippen LogP) is -0.208. The van der Waals surface area contributed by atoms with Gasteiger partial charge in [-0.25, -0.2) is 0 Å². The molecule has 0 atom stereocenters. The summed E-state index contributed by atoms with van der Waals surface area (Å²) in [6, 6.07) is 0. The van der Waals surface area contributed by atoms with Crippen LogP contribution < -0.4 is 0 Å². The number of hydrogen-bond acceptors (Lipinski definition) is 2. The highest BCUT2D eigenvalue weighted by Gasteiger charge is 1.70. The molecule has 0 fully saturated rings. The largest absolute Gasteiger partial charge is 0.290 e. The molecule has 0 aromatic rings. The topological polar surface area (TPSA) is 18.5 Å². The van der Waals surface area contributed by atoms with Crippen LogP contribution >= 0.6 is 0 Å². The van der Waals surface area contributed by atoms with Gasteiger partial charge in [0.1, 0.15) is 0 Å². The van der Waals surface area contributed by atoms with Crippen molar-refractivity contribution in [2.24, 2.45) is 0 Å². The molecular formula is C3H8O2Si. The molecule has 0 aromatic heterocycles. The summed E-state index contributed by atoms with van der Waals surface area (Å²) < 4.78 is 4.50. The third-order valence-electron chi connectivity index (χ3n) is 0.304. The second-order valence-electron chi connectivity index (χ2n) is 0.740. The van der Waals surface area contributed by atoms with E-state index in [1.54, 1.807) is 5.70 Å². The normalized spacial score (nSPS) is 10.2. The minimum absolute atomic E-state index is 0.537. The van der Waals surface area contributed by atoms with E-state index in [4.69, 9.17) is 0 Å². The van der Waals surface area contributed by atoms with E-state index in [9.17, 15) is 0 Å². The monoisotopic (exact) mass is 104 g/mol. The lowest BCUT2D eigenvalue weighted by Gasteiger charge is -1.88. The molecule has 0 spiro atoms. The molecule has 0 aromatic carbocycles. The molecule has 0 aliphatic rings. The lowest BCUT2D eigenvalue weighted by atomic mass is 11.3. The van der Waals surface area contributed by atoms with Crippen molar-refractivity contribution in [3.05, 3.63) is 12.3 Å². The van der Waals surface area contributed by atoms with E-state index in [-0.39, 0.29) is 0 Å². The molecule has 0 bridgehead atoms. The Bertz CT molecular complexity index is 37.8. The fourth-order valence-corrected chi connectivity index (χ4v) is 0.348. The first-order valence-electron chi connectivity index (χ1n) is 1.68. The van der Waals surface area contributed by atoms with E-state index < -0.39 is 9.76 Å². The number of hydrogen-bond donors (Lipinski definition) is 0. The Morgan fingerprint density at radius 1 is 1.83 bits per heavy atom. The van der Waals surface area contributed by atoms with Gasteiger partial charge < -0.3 is 0 Å². The third-order valence-corrected chi connectivity index (χ3v) is 0.911. The van der Waals surface area contributed by atoms with Gasteiger partial charge in [-0.2, -0.15) is 0 Å². The van der Waals surface area contributed by atoms with Gasteiger partial charge in [0.05, 0.1) is 7.11 Å². The minimum atomic E-state index is -0.537. The maximum absolute atomic E-state index is 4.50. The quantitative estimate of drug-likeness (QED) is 0.213. The Balaban J connectivity index is 2.49. The summed E-state index contributed by atoms with van der Waals surface area (Å²) in [6.07, 6.45) is 0. The highest BCUT2D eigenvalue weighted by Crippen LogP contribution is 1.65. The third kappa shape index (κ3) is 3.88. The average molecular weight is 104 g/mol. The Kier molecular flexibility index (Phi) is 4.78. The summed E-state index contributed by atoms with van der Waals surface area (Å²) in [5.41, 5.74) is 1.75. The lowest BCUT2D eigenvalue weighted by molar-refractivity contribution is -0.177. The fourth-order valence-electron chi connectivity index (χ4n) is 0.116. The highest BCUT2D eigenvalue weighted by atomic mass is 28.2. The minimum Gasteiger partial charge on any atom is -0.290 e. The summed E-state index contributed by atoms with van der Waals surface area (Å²) in [5.74, 6) is 0. The Hall–Kier alpha value is -0.123. The molecule has 0 aliphatic heterocycles. The van der Waals surface area contributed by atoms with Crippen LogP contribution in [0.15, 0.2) is 12.3 Å². The van der Waals surface area contributed by atoms with Crippen molar-refractivity contribution in [2.45, 2.75) is 0 Å². The molecular weight excluding hydrogens is 96.1 g/mol. The maximum atomic E-state index is 4.50. The van der Waals surface area contributed by atoms with Crippen LogP contribution in [0.2, 0.25) is 0 Å². The molecule has 36 valence electrons. The zero-order valence-electron chi connectivity index (χ0n) is 3.81. The van der Waals surface area contributed by atoms with Gasteiger partial charge in [0, 0.05) is 0 Å². The van der Waals surface area contributed by atoms with Crippen LogP contribution in [0.25, 0.3) is 0 Å². The summed E-state index contributed by atoms with van der Waals surface area (Å²) in [6.45, 7) is 3.45. The fraction of sp³-hybridized carbons (Fsp3) is 0.333. The smallest absolute Gasteiger partial charge is 0.231 e. The van der Waals surface area contributed by atoms with Crippen molar-refractivity contribution in [3.63, 3.8) is 0 Å². The summed E-state index contributed by atoms with van der Waals surface area (Å²) in [5, 5.41) is 0. The standard InChI is InChI=1S/C3H8O2Si/c1-3-6-5-4-2/h3H,1,6H2,2H3. The second kappa shape index (κ2) is 4.88. The van der Waals surface area contributed by atoms with Crippen LogP contribution in [-0.2, 0) is 9.46 Å². The van der Waals surface area contributed by atoms with Crippen molar-refractivity contribution in [1.29, 1.82) is 0 Å². The van der Waals surface area contributed by atoms with Crippen LogP contribution in [0, 0.1) is 0 Å². The van der Waals surface area contributed by atoms with E-state index >= 15 is 0 Å². The second-order valence-corrected chi connectivity index (χ2v) is 1.89. The molecule has 0 N–H and O–H groups in total. The molecule has 0 amide bonds. The van der Waals surface area contributed by atoms with Crippen LogP contribution in [-0.4, -0.2) is 16.9 Å². The molecule has 0 saturated heterocycles. The van der Waals surface area contributed by atoms with Gasteiger partial charge >= 0.3 is 0 Å². The molecule has 0 unspecified atom stereocenters. The molecule has 0 radical (unpaired) electrons. The van der Waals surface area contributed by atoms with Gasteiger partial charge in [-0.15, -0.1) is 6.58 Å². The van der Waals surface area contributed by atoms with Gasteiger partial charge in [0.2, 0.25) is 9.76 Å². The molecule has 0 heterocycles. The SMILES string of the molecule is C=C[SiH2]OOC. The Morgan fingerprint density at radius 3 is 2.67 bits per heavy atom. The van der Waals surface area contributed by atoms with Gasteiger partial charge in [-0.05, 0) is 0 Å². The Labute approximate surface area is 39.6 Å². The molecule has 6 heavy (non-hydrogen) atoms. The summed E-state index contributed by atoms with van der Waals surface area (Å²) >= 11 is 0. The first kappa shape index (κ1) is 5.88. The first-order chi connectivity index (χ1) is 2.91. The highest BCUT2D eigenvalue weighted by molar-refractivity contribution is 6.33. The van der Waals surface area contributed by atoms with Crippen molar-refractivity contribution in [1.82, 2.24) is 0 Å². The number of rotatable bonds is 3. The molecule has 0 saturated carbocycles. The van der Waals surface area contributed by atoms with Crippen molar-refractivity contribution in [3.8, 4) is 0 Å². The van der Waals surface area contributed by atoms with Crippen molar-refractivity contribution >= 4 is 9.76 Å². The van der Waals surface area contributed by atoms with E-state index in [0.717, 1.165) is 0 Å². The Morgan fingerprint density at radius 2 is 2.50 bits per heavy atom. The van der Waals surface area contributed by atoms with Crippen LogP contribution in [0.3, 0.4) is 0 Å². The van der Waals surface area contributed by atoms with Gasteiger partial charge in [0.15, 0.2) is 0 Å². The van der Waals surface area contributed by atoms with Crippen molar-refractivity contribution < 1.29 is 9.46 Å². The summed E-state index contributed by atoms with van der Waals surface area (Å²) in [7, 11) is 0.960. The van der Waals surface area contributed by atoms with E-state index in [0.29, 0.717) is 0 Å². The molecule has 0 aliphatic carbocycles. The van der Waals surface area contributed by atoms with Gasteiger partial charge in [0.25, 0.3) is 0 Å². The van der Waals surface area contributed by atoms with E-state index in [2.05, 4.69) is 16.0 Å². The average Bonchev–Trinajstić information content (AvgIpc) is 1.61. The zero-order chi connectivity index (χ0) is 4.83. The van der Waals surface area contributed by atoms with Gasteiger partial charge in [-0.3, -0.25) is 9.46 Å². The lowest BCUT2D eigenvalue weighted by Crippen LogP contribution is -1.90. The van der Waals surface area contributed by atoms with Crippen LogP contribution in [0.4, 0.5) is 0 Å². The predicted molar refractivity (Wildman–Crippen MR) is 26.8 cm³/mol. The van der Waals surface area contributed by atoms with Crippen molar-refractivity contribution in [2.75, 3.05) is 7.11 Å². The molecule has 0 rings (SSSR count). The van der Waals surface area contributed by atoms with Gasteiger partial charge in [-0.1, -0.05) is 5.70 Å². The molecule has 3 heteroatoms. The zero-order valence-corrected chi connectivity index (χ0v) is 5.22. The summed E-state index contributed by atoms with van der Waals surface area (Å²) in [4.78, 5) is 4.27.